The van der Waals surface area contributed by atoms with Gasteiger partial charge in [-0.05, 0) is 12.1 Å². The maximum atomic E-state index is 12.8. The summed E-state index contributed by atoms with van der Waals surface area (Å²) in [6.45, 7) is -0.178. The van der Waals surface area contributed by atoms with E-state index in [1.54, 1.807) is 0 Å². The molecule has 3 N–H and O–H groups in total. The van der Waals surface area contributed by atoms with Crippen molar-refractivity contribution >= 4 is 5.97 Å². The lowest BCUT2D eigenvalue weighted by molar-refractivity contribution is -0.138. The first-order valence-electron chi connectivity index (χ1n) is 5.43. The Bertz CT molecular complexity index is 465. The molecule has 0 amide bonds. The number of aliphatic carboxylic acids is 1. The quantitative estimate of drug-likeness (QED) is 0.826. The lowest BCUT2D eigenvalue weighted by atomic mass is 9.96. The van der Waals surface area contributed by atoms with Crippen molar-refractivity contribution in [3.8, 4) is 11.5 Å². The summed E-state index contributed by atoms with van der Waals surface area (Å²) in [5.41, 5.74) is 5.24. The highest BCUT2D eigenvalue weighted by atomic mass is 19.3. The van der Waals surface area contributed by atoms with Crippen molar-refractivity contribution in [2.24, 2.45) is 5.73 Å². The molecule has 0 spiro atoms. The van der Waals surface area contributed by atoms with E-state index in [0.717, 1.165) is 6.07 Å². The number of hydrogen-bond donors (Lipinski definition) is 2. The highest BCUT2D eigenvalue weighted by Gasteiger charge is 2.26. The van der Waals surface area contributed by atoms with E-state index in [2.05, 4.69) is 0 Å². The topological polar surface area (TPSA) is 81.8 Å². The van der Waals surface area contributed by atoms with Gasteiger partial charge in [-0.15, -0.1) is 0 Å². The van der Waals surface area contributed by atoms with Crippen molar-refractivity contribution in [1.29, 1.82) is 0 Å². The van der Waals surface area contributed by atoms with Crippen LogP contribution < -0.4 is 15.2 Å². The second kappa shape index (κ2) is 6.33. The number of nitrogens with two attached hydrogens (primary N) is 1. The Kier molecular flexibility index (Phi) is 5.05. The molecule has 0 radical (unpaired) electrons. The van der Waals surface area contributed by atoms with Gasteiger partial charge in [-0.25, -0.2) is 8.78 Å². The Labute approximate surface area is 108 Å². The van der Waals surface area contributed by atoms with Gasteiger partial charge in [0.15, 0.2) is 0 Å². The average Bonchev–Trinajstić information content (AvgIpc) is 2.38. The number of carbonyl (C=O) groups is 1. The Balaban J connectivity index is 3.43. The minimum absolute atomic E-state index is 0.0500. The number of rotatable bonds is 6. The fraction of sp³-hybridized carbons (Fsp3) is 0.417. The van der Waals surface area contributed by atoms with Crippen LogP contribution in [0.15, 0.2) is 12.1 Å². The molecule has 1 aromatic carbocycles. The summed E-state index contributed by atoms with van der Waals surface area (Å²) in [5.74, 6) is -2.25. The van der Waals surface area contributed by atoms with Crippen molar-refractivity contribution in [2.75, 3.05) is 20.8 Å². The predicted molar refractivity (Wildman–Crippen MR) is 63.9 cm³/mol. The van der Waals surface area contributed by atoms with E-state index >= 15 is 0 Å². The molecular weight excluding hydrogens is 260 g/mol. The molecule has 0 saturated heterocycles. The molecule has 106 valence electrons. The van der Waals surface area contributed by atoms with Gasteiger partial charge in [0.05, 0.1) is 25.7 Å². The van der Waals surface area contributed by atoms with Crippen LogP contribution in [-0.2, 0) is 4.79 Å². The third-order valence-corrected chi connectivity index (χ3v) is 2.73. The zero-order valence-electron chi connectivity index (χ0n) is 10.5. The normalized spacial score (nSPS) is 12.3. The van der Waals surface area contributed by atoms with Crippen LogP contribution in [-0.4, -0.2) is 31.8 Å². The van der Waals surface area contributed by atoms with Crippen molar-refractivity contribution in [2.45, 2.75) is 12.3 Å². The monoisotopic (exact) mass is 275 g/mol. The minimum Gasteiger partial charge on any atom is -0.496 e. The summed E-state index contributed by atoms with van der Waals surface area (Å²) in [7, 11) is 2.51. The van der Waals surface area contributed by atoms with Crippen LogP contribution in [0.3, 0.4) is 0 Å². The molecule has 1 rings (SSSR count). The summed E-state index contributed by atoms with van der Waals surface area (Å²) in [5, 5.41) is 9.06. The van der Waals surface area contributed by atoms with E-state index in [1.165, 1.54) is 20.3 Å². The van der Waals surface area contributed by atoms with Crippen molar-refractivity contribution in [3.63, 3.8) is 0 Å². The Morgan fingerprint density at radius 1 is 1.26 bits per heavy atom. The molecule has 19 heavy (non-hydrogen) atoms. The van der Waals surface area contributed by atoms with E-state index in [-0.39, 0.29) is 29.2 Å². The number of methoxy groups -OCH3 is 2. The van der Waals surface area contributed by atoms with Crippen LogP contribution in [0.1, 0.15) is 23.5 Å². The van der Waals surface area contributed by atoms with Crippen LogP contribution in [0.4, 0.5) is 8.78 Å². The second-order valence-electron chi connectivity index (χ2n) is 3.76. The number of alkyl halides is 2. The molecule has 0 aliphatic carbocycles. The van der Waals surface area contributed by atoms with Gasteiger partial charge in [0.2, 0.25) is 0 Å². The number of carboxylic acid groups (broad SMARTS) is 1. The number of hydrogen-bond acceptors (Lipinski definition) is 4. The summed E-state index contributed by atoms with van der Waals surface area (Å²) < 4.78 is 35.5. The fourth-order valence-electron chi connectivity index (χ4n) is 1.75. The van der Waals surface area contributed by atoms with E-state index in [9.17, 15) is 13.6 Å². The first-order chi connectivity index (χ1) is 8.96. The lowest BCUT2D eigenvalue weighted by Gasteiger charge is -2.18. The highest BCUT2D eigenvalue weighted by molar-refractivity contribution is 5.78. The first-order valence-corrected chi connectivity index (χ1v) is 5.43. The Morgan fingerprint density at radius 3 is 2.11 bits per heavy atom. The van der Waals surface area contributed by atoms with Gasteiger partial charge in [0.25, 0.3) is 6.43 Å². The SMILES string of the molecule is COc1cc(C(CN)C(=O)O)c(OC)cc1C(F)F. The fourth-order valence-corrected chi connectivity index (χ4v) is 1.75. The average molecular weight is 275 g/mol. The molecule has 1 atom stereocenters. The van der Waals surface area contributed by atoms with Gasteiger partial charge in [0, 0.05) is 12.1 Å². The van der Waals surface area contributed by atoms with Crippen LogP contribution in [0.2, 0.25) is 0 Å². The zero-order chi connectivity index (χ0) is 14.6. The van der Waals surface area contributed by atoms with Crippen molar-refractivity contribution < 1.29 is 28.2 Å². The summed E-state index contributed by atoms with van der Waals surface area (Å²) in [4.78, 5) is 11.1. The maximum Gasteiger partial charge on any atom is 0.312 e. The molecule has 0 aliphatic rings. The molecule has 0 heterocycles. The van der Waals surface area contributed by atoms with Crippen LogP contribution in [0.25, 0.3) is 0 Å². The lowest BCUT2D eigenvalue weighted by Crippen LogP contribution is -2.22. The van der Waals surface area contributed by atoms with E-state index in [4.69, 9.17) is 20.3 Å². The van der Waals surface area contributed by atoms with Gasteiger partial charge in [-0.1, -0.05) is 0 Å². The third kappa shape index (κ3) is 3.11. The number of ether oxygens (including phenoxy) is 2. The van der Waals surface area contributed by atoms with Crippen molar-refractivity contribution in [1.82, 2.24) is 0 Å². The molecule has 1 aromatic rings. The van der Waals surface area contributed by atoms with Gasteiger partial charge in [-0.2, -0.15) is 0 Å². The summed E-state index contributed by atoms with van der Waals surface area (Å²) >= 11 is 0. The van der Waals surface area contributed by atoms with Gasteiger partial charge in [-0.3, -0.25) is 4.79 Å². The van der Waals surface area contributed by atoms with E-state index in [1.807, 2.05) is 0 Å². The molecule has 1 unspecified atom stereocenters. The standard InChI is InChI=1S/C12H15F2NO4/c1-18-9-4-7(11(13)14)10(19-2)3-6(9)8(5-15)12(16)17/h3-4,8,11H,5,15H2,1-2H3,(H,16,17). The molecule has 0 saturated carbocycles. The van der Waals surface area contributed by atoms with Crippen LogP contribution in [0.5, 0.6) is 11.5 Å². The summed E-state index contributed by atoms with van der Waals surface area (Å²) in [6, 6.07) is 2.30. The number of benzene rings is 1. The molecule has 0 bridgehead atoms. The van der Waals surface area contributed by atoms with Gasteiger partial charge >= 0.3 is 5.97 Å². The number of carboxylic acids is 1. The smallest absolute Gasteiger partial charge is 0.312 e. The zero-order valence-corrected chi connectivity index (χ0v) is 10.5. The largest absolute Gasteiger partial charge is 0.496 e. The minimum atomic E-state index is -2.75. The van der Waals surface area contributed by atoms with Crippen LogP contribution >= 0.6 is 0 Å². The number of halogens is 2. The summed E-state index contributed by atoms with van der Waals surface area (Å²) in [6.07, 6.45) is -2.75. The van der Waals surface area contributed by atoms with Crippen LogP contribution in [0, 0.1) is 0 Å². The van der Waals surface area contributed by atoms with E-state index in [0.29, 0.717) is 0 Å². The molecular formula is C12H15F2NO4. The van der Waals surface area contributed by atoms with Gasteiger partial charge in [0.1, 0.15) is 11.5 Å². The third-order valence-electron chi connectivity index (χ3n) is 2.73. The maximum absolute atomic E-state index is 12.8. The molecule has 0 aromatic heterocycles. The second-order valence-corrected chi connectivity index (χ2v) is 3.76. The Morgan fingerprint density at radius 2 is 1.74 bits per heavy atom. The van der Waals surface area contributed by atoms with Crippen molar-refractivity contribution in [3.05, 3.63) is 23.3 Å². The first kappa shape index (κ1) is 15.2. The van der Waals surface area contributed by atoms with Gasteiger partial charge < -0.3 is 20.3 Å². The molecule has 5 nitrogen and oxygen atoms in total. The molecule has 0 fully saturated rings. The predicted octanol–water partition coefficient (Wildman–Crippen LogP) is 1.77. The molecule has 0 aliphatic heterocycles. The Hall–Kier alpha value is -1.89. The highest BCUT2D eigenvalue weighted by Crippen LogP contribution is 2.38. The van der Waals surface area contributed by atoms with E-state index < -0.39 is 18.3 Å². The molecule has 7 heteroatoms.